The number of hydrogen-bond donors (Lipinski definition) is 1. The largest absolute Gasteiger partial charge is 0.335 e. The molecular formula is C14H19ClN2O. The number of benzene rings is 1. The van der Waals surface area contributed by atoms with Crippen molar-refractivity contribution in [2.45, 2.75) is 38.3 Å². The van der Waals surface area contributed by atoms with Crippen LogP contribution in [0.3, 0.4) is 0 Å². The lowest BCUT2D eigenvalue weighted by molar-refractivity contribution is 0.183. The van der Waals surface area contributed by atoms with Crippen LogP contribution in [-0.4, -0.2) is 24.0 Å². The van der Waals surface area contributed by atoms with E-state index in [1.54, 1.807) is 4.90 Å². The maximum absolute atomic E-state index is 12.0. The van der Waals surface area contributed by atoms with Crippen LogP contribution in [0.4, 0.5) is 4.79 Å². The summed E-state index contributed by atoms with van der Waals surface area (Å²) in [5.74, 6) is 0. The van der Waals surface area contributed by atoms with Crippen molar-refractivity contribution in [1.29, 1.82) is 0 Å². The zero-order valence-electron chi connectivity index (χ0n) is 10.8. The van der Waals surface area contributed by atoms with Crippen molar-refractivity contribution in [1.82, 2.24) is 10.2 Å². The minimum atomic E-state index is 0.00199. The van der Waals surface area contributed by atoms with Gasteiger partial charge in [-0.2, -0.15) is 0 Å². The molecule has 1 fully saturated rings. The molecule has 0 aliphatic heterocycles. The number of carbonyl (C=O) groups is 1. The Morgan fingerprint density at radius 1 is 1.39 bits per heavy atom. The Kier molecular flexibility index (Phi) is 4.12. The maximum Gasteiger partial charge on any atom is 0.317 e. The highest BCUT2D eigenvalue weighted by Crippen LogP contribution is 2.22. The molecule has 2 amide bonds. The van der Waals surface area contributed by atoms with Crippen molar-refractivity contribution < 1.29 is 4.79 Å². The van der Waals surface area contributed by atoms with Crippen LogP contribution in [0.5, 0.6) is 0 Å². The van der Waals surface area contributed by atoms with Gasteiger partial charge in [0.05, 0.1) is 6.04 Å². The minimum Gasteiger partial charge on any atom is -0.335 e. The van der Waals surface area contributed by atoms with E-state index < -0.39 is 0 Å². The van der Waals surface area contributed by atoms with E-state index in [0.29, 0.717) is 11.1 Å². The fraction of sp³-hybridized carbons (Fsp3) is 0.500. The Balaban J connectivity index is 1.96. The third-order valence-corrected chi connectivity index (χ3v) is 3.94. The second-order valence-electron chi connectivity index (χ2n) is 4.92. The van der Waals surface area contributed by atoms with Gasteiger partial charge in [0.2, 0.25) is 0 Å². The van der Waals surface area contributed by atoms with Gasteiger partial charge in [-0.1, -0.05) is 23.7 Å². The molecule has 1 aliphatic rings. The molecule has 0 spiro atoms. The molecule has 0 saturated heterocycles. The van der Waals surface area contributed by atoms with Crippen LogP contribution in [-0.2, 0) is 0 Å². The van der Waals surface area contributed by atoms with Crippen LogP contribution in [0.15, 0.2) is 24.3 Å². The van der Waals surface area contributed by atoms with Crippen molar-refractivity contribution in [3.8, 4) is 0 Å². The number of rotatable bonds is 3. The lowest BCUT2D eigenvalue weighted by atomic mass is 9.93. The predicted octanol–water partition coefficient (Wildman–Crippen LogP) is 3.59. The van der Waals surface area contributed by atoms with Gasteiger partial charge < -0.3 is 10.2 Å². The zero-order valence-corrected chi connectivity index (χ0v) is 11.6. The lowest BCUT2D eigenvalue weighted by Gasteiger charge is -2.31. The molecule has 1 aromatic rings. The first-order valence-corrected chi connectivity index (χ1v) is 6.74. The molecule has 0 radical (unpaired) electrons. The van der Waals surface area contributed by atoms with Crippen LogP contribution < -0.4 is 5.32 Å². The first-order chi connectivity index (χ1) is 8.58. The molecule has 4 heteroatoms. The summed E-state index contributed by atoms with van der Waals surface area (Å²) in [4.78, 5) is 13.8. The SMILES string of the molecule is CC(c1ccc(Cl)cc1)N(C)C(=O)NC1CCC1. The van der Waals surface area contributed by atoms with E-state index in [-0.39, 0.29) is 12.1 Å². The molecular weight excluding hydrogens is 248 g/mol. The fourth-order valence-corrected chi connectivity index (χ4v) is 2.10. The second kappa shape index (κ2) is 5.61. The molecule has 0 aromatic heterocycles. The van der Waals surface area contributed by atoms with Crippen molar-refractivity contribution in [2.75, 3.05) is 7.05 Å². The third-order valence-electron chi connectivity index (χ3n) is 3.69. The highest BCUT2D eigenvalue weighted by atomic mass is 35.5. The van der Waals surface area contributed by atoms with Crippen molar-refractivity contribution in [3.63, 3.8) is 0 Å². The highest BCUT2D eigenvalue weighted by molar-refractivity contribution is 6.30. The number of urea groups is 1. The Bertz CT molecular complexity index is 414. The molecule has 1 N–H and O–H groups in total. The minimum absolute atomic E-state index is 0.00199. The van der Waals surface area contributed by atoms with Crippen LogP contribution in [0.25, 0.3) is 0 Å². The number of halogens is 1. The van der Waals surface area contributed by atoms with Gasteiger partial charge >= 0.3 is 6.03 Å². The number of nitrogens with one attached hydrogen (secondary N) is 1. The summed E-state index contributed by atoms with van der Waals surface area (Å²) in [5.41, 5.74) is 1.09. The number of nitrogens with zero attached hydrogens (tertiary/aromatic N) is 1. The molecule has 3 nitrogen and oxygen atoms in total. The van der Waals surface area contributed by atoms with E-state index in [0.717, 1.165) is 18.4 Å². The first-order valence-electron chi connectivity index (χ1n) is 6.36. The standard InChI is InChI=1S/C14H19ClN2O/c1-10(11-6-8-12(15)9-7-11)17(2)14(18)16-13-4-3-5-13/h6-10,13H,3-5H2,1-2H3,(H,16,18). The van der Waals surface area contributed by atoms with E-state index in [1.165, 1.54) is 6.42 Å². The summed E-state index contributed by atoms with van der Waals surface area (Å²) in [6.45, 7) is 2.02. The molecule has 1 saturated carbocycles. The molecule has 2 rings (SSSR count). The topological polar surface area (TPSA) is 32.3 Å². The van der Waals surface area contributed by atoms with Crippen molar-refractivity contribution in [3.05, 3.63) is 34.9 Å². The Labute approximate surface area is 113 Å². The van der Waals surface area contributed by atoms with Gasteiger partial charge in [0.1, 0.15) is 0 Å². The molecule has 1 aromatic carbocycles. The Morgan fingerprint density at radius 2 is 2.00 bits per heavy atom. The van der Waals surface area contributed by atoms with E-state index in [2.05, 4.69) is 5.32 Å². The summed E-state index contributed by atoms with van der Waals surface area (Å²) in [5, 5.41) is 3.75. The third kappa shape index (κ3) is 2.96. The number of hydrogen-bond acceptors (Lipinski definition) is 1. The molecule has 1 unspecified atom stereocenters. The smallest absolute Gasteiger partial charge is 0.317 e. The molecule has 98 valence electrons. The first kappa shape index (κ1) is 13.2. The molecule has 0 bridgehead atoms. The normalized spacial score (nSPS) is 16.8. The Morgan fingerprint density at radius 3 is 2.50 bits per heavy atom. The summed E-state index contributed by atoms with van der Waals surface area (Å²) >= 11 is 5.86. The average molecular weight is 267 g/mol. The monoisotopic (exact) mass is 266 g/mol. The van der Waals surface area contributed by atoms with Crippen LogP contribution in [0, 0.1) is 0 Å². The lowest BCUT2D eigenvalue weighted by Crippen LogP contribution is -2.46. The summed E-state index contributed by atoms with van der Waals surface area (Å²) < 4.78 is 0. The quantitative estimate of drug-likeness (QED) is 0.891. The van der Waals surface area contributed by atoms with Gasteiger partial charge in [0, 0.05) is 18.1 Å². The van der Waals surface area contributed by atoms with Gasteiger partial charge in [-0.05, 0) is 43.9 Å². The van der Waals surface area contributed by atoms with Gasteiger partial charge in [0.15, 0.2) is 0 Å². The van der Waals surface area contributed by atoms with Gasteiger partial charge in [-0.15, -0.1) is 0 Å². The predicted molar refractivity (Wildman–Crippen MR) is 73.8 cm³/mol. The van der Waals surface area contributed by atoms with Crippen LogP contribution in [0.2, 0.25) is 5.02 Å². The number of carbonyl (C=O) groups excluding carboxylic acids is 1. The molecule has 0 heterocycles. The van der Waals surface area contributed by atoms with Gasteiger partial charge in [-0.3, -0.25) is 0 Å². The van der Waals surface area contributed by atoms with E-state index in [9.17, 15) is 4.79 Å². The fourth-order valence-electron chi connectivity index (χ4n) is 1.97. The summed E-state index contributed by atoms with van der Waals surface area (Å²) in [7, 11) is 1.83. The molecule has 18 heavy (non-hydrogen) atoms. The molecule has 1 atom stereocenters. The van der Waals surface area contributed by atoms with E-state index in [4.69, 9.17) is 11.6 Å². The highest BCUT2D eigenvalue weighted by Gasteiger charge is 2.23. The summed E-state index contributed by atoms with van der Waals surface area (Å²) in [6, 6.07) is 8.04. The average Bonchev–Trinajstić information content (AvgIpc) is 2.32. The van der Waals surface area contributed by atoms with Crippen LogP contribution >= 0.6 is 11.6 Å². The van der Waals surface area contributed by atoms with Gasteiger partial charge in [-0.25, -0.2) is 4.79 Å². The molecule has 1 aliphatic carbocycles. The van der Waals surface area contributed by atoms with Crippen LogP contribution in [0.1, 0.15) is 37.8 Å². The summed E-state index contributed by atoms with van der Waals surface area (Å²) in [6.07, 6.45) is 3.44. The zero-order chi connectivity index (χ0) is 13.1. The second-order valence-corrected chi connectivity index (χ2v) is 5.35. The van der Waals surface area contributed by atoms with Crippen molar-refractivity contribution in [2.24, 2.45) is 0 Å². The van der Waals surface area contributed by atoms with E-state index in [1.807, 2.05) is 38.2 Å². The Hall–Kier alpha value is -1.22. The van der Waals surface area contributed by atoms with Crippen molar-refractivity contribution >= 4 is 17.6 Å². The van der Waals surface area contributed by atoms with E-state index >= 15 is 0 Å². The number of amides is 2. The maximum atomic E-state index is 12.0. The van der Waals surface area contributed by atoms with Gasteiger partial charge in [0.25, 0.3) is 0 Å².